The Labute approximate surface area is 135 Å². The van der Waals surface area contributed by atoms with E-state index in [-0.39, 0.29) is 0 Å². The lowest BCUT2D eigenvalue weighted by Crippen LogP contribution is -2.45. The zero-order chi connectivity index (χ0) is 15.9. The van der Waals surface area contributed by atoms with Crippen LogP contribution in [0.4, 0.5) is 0 Å². The first-order valence-corrected chi connectivity index (χ1v) is 8.26. The fraction of sp³-hybridized carbons (Fsp3) is 0.611. The molecule has 4 heteroatoms. The van der Waals surface area contributed by atoms with E-state index in [4.69, 9.17) is 0 Å². The molecule has 22 heavy (non-hydrogen) atoms. The first kappa shape index (κ1) is 16.8. The largest absolute Gasteiger partial charge is 0.352 e. The van der Waals surface area contributed by atoms with Gasteiger partial charge in [0, 0.05) is 33.2 Å². The number of likely N-dealkylation sites (tertiary alicyclic amines) is 1. The molecule has 0 aromatic heterocycles. The van der Waals surface area contributed by atoms with E-state index in [9.17, 15) is 0 Å². The van der Waals surface area contributed by atoms with Crippen LogP contribution in [0.15, 0.2) is 29.3 Å². The van der Waals surface area contributed by atoms with Crippen LogP contribution in [0.2, 0.25) is 0 Å². The monoisotopic (exact) mass is 302 g/mol. The van der Waals surface area contributed by atoms with E-state index in [1.807, 2.05) is 7.05 Å². The summed E-state index contributed by atoms with van der Waals surface area (Å²) in [7, 11) is 6.07. The highest BCUT2D eigenvalue weighted by Crippen LogP contribution is 2.15. The van der Waals surface area contributed by atoms with E-state index in [2.05, 4.69) is 65.4 Å². The summed E-state index contributed by atoms with van der Waals surface area (Å²) >= 11 is 0. The van der Waals surface area contributed by atoms with Crippen molar-refractivity contribution in [1.82, 2.24) is 15.1 Å². The molecular weight excluding hydrogens is 272 g/mol. The standard InChI is InChI=1S/C18H30N4/c1-15-6-5-11-22(13-15)18(19-2)20-12-16-7-9-17(10-8-16)14-21(3)4/h7-10,15H,5-6,11-14H2,1-4H3,(H,19,20). The Morgan fingerprint density at radius 3 is 2.55 bits per heavy atom. The third kappa shape index (κ3) is 5.02. The van der Waals surface area contributed by atoms with Gasteiger partial charge in [-0.2, -0.15) is 0 Å². The fourth-order valence-corrected chi connectivity index (χ4v) is 3.02. The number of aliphatic imine (C=N–C) groups is 1. The van der Waals surface area contributed by atoms with E-state index in [0.717, 1.165) is 38.1 Å². The van der Waals surface area contributed by atoms with Gasteiger partial charge in [0.25, 0.3) is 0 Å². The Balaban J connectivity index is 1.87. The van der Waals surface area contributed by atoms with Crippen LogP contribution in [0.1, 0.15) is 30.9 Å². The summed E-state index contributed by atoms with van der Waals surface area (Å²) in [5.41, 5.74) is 2.65. The number of piperidine rings is 1. The molecular formula is C18H30N4. The minimum atomic E-state index is 0.762. The van der Waals surface area contributed by atoms with Gasteiger partial charge in [0.1, 0.15) is 0 Å². The smallest absolute Gasteiger partial charge is 0.193 e. The van der Waals surface area contributed by atoms with Crippen molar-refractivity contribution in [3.63, 3.8) is 0 Å². The lowest BCUT2D eigenvalue weighted by molar-refractivity contribution is 0.266. The van der Waals surface area contributed by atoms with Crippen molar-refractivity contribution < 1.29 is 0 Å². The zero-order valence-corrected chi connectivity index (χ0v) is 14.5. The maximum Gasteiger partial charge on any atom is 0.193 e. The van der Waals surface area contributed by atoms with Gasteiger partial charge >= 0.3 is 0 Å². The molecule has 1 atom stereocenters. The summed E-state index contributed by atoms with van der Waals surface area (Å²) in [6.45, 7) is 6.37. The predicted molar refractivity (Wildman–Crippen MR) is 94.0 cm³/mol. The van der Waals surface area contributed by atoms with Crippen LogP contribution >= 0.6 is 0 Å². The average Bonchev–Trinajstić information content (AvgIpc) is 2.49. The van der Waals surface area contributed by atoms with Crippen LogP contribution < -0.4 is 5.32 Å². The number of rotatable bonds is 4. The van der Waals surface area contributed by atoms with Gasteiger partial charge in [-0.05, 0) is 44.0 Å². The molecule has 1 fully saturated rings. The van der Waals surface area contributed by atoms with Crippen LogP contribution in [-0.2, 0) is 13.1 Å². The average molecular weight is 302 g/mol. The summed E-state index contributed by atoms with van der Waals surface area (Å²) < 4.78 is 0. The molecule has 1 heterocycles. The summed E-state index contributed by atoms with van der Waals surface area (Å²) in [4.78, 5) is 9.01. The van der Waals surface area contributed by atoms with E-state index >= 15 is 0 Å². The molecule has 1 unspecified atom stereocenters. The van der Waals surface area contributed by atoms with Gasteiger partial charge in [0.05, 0.1) is 0 Å². The molecule has 1 saturated heterocycles. The quantitative estimate of drug-likeness (QED) is 0.685. The molecule has 0 radical (unpaired) electrons. The Morgan fingerprint density at radius 1 is 1.27 bits per heavy atom. The molecule has 0 amide bonds. The number of guanidine groups is 1. The summed E-state index contributed by atoms with van der Waals surface area (Å²) in [5.74, 6) is 1.79. The van der Waals surface area contributed by atoms with E-state index in [1.165, 1.54) is 24.0 Å². The van der Waals surface area contributed by atoms with Gasteiger partial charge in [-0.25, -0.2) is 0 Å². The van der Waals surface area contributed by atoms with Gasteiger partial charge < -0.3 is 15.1 Å². The Morgan fingerprint density at radius 2 is 1.95 bits per heavy atom. The molecule has 0 saturated carbocycles. The minimum absolute atomic E-state index is 0.762. The maximum atomic E-state index is 4.44. The SMILES string of the molecule is CN=C(NCc1ccc(CN(C)C)cc1)N1CCCC(C)C1. The Kier molecular flexibility index (Phi) is 6.25. The molecule has 1 aliphatic rings. The zero-order valence-electron chi connectivity index (χ0n) is 14.5. The summed E-state index contributed by atoms with van der Waals surface area (Å²) in [5, 5.41) is 3.50. The summed E-state index contributed by atoms with van der Waals surface area (Å²) in [6.07, 6.45) is 2.60. The van der Waals surface area contributed by atoms with E-state index in [0.29, 0.717) is 0 Å². The van der Waals surface area contributed by atoms with Crippen LogP contribution in [0.3, 0.4) is 0 Å². The highest BCUT2D eigenvalue weighted by atomic mass is 15.3. The lowest BCUT2D eigenvalue weighted by atomic mass is 10.0. The number of benzene rings is 1. The van der Waals surface area contributed by atoms with Gasteiger partial charge in [0.15, 0.2) is 5.96 Å². The van der Waals surface area contributed by atoms with Gasteiger partial charge in [0.2, 0.25) is 0 Å². The highest BCUT2D eigenvalue weighted by molar-refractivity contribution is 5.79. The third-order valence-electron chi connectivity index (χ3n) is 4.14. The fourth-order valence-electron chi connectivity index (χ4n) is 3.02. The van der Waals surface area contributed by atoms with Gasteiger partial charge in [-0.1, -0.05) is 31.2 Å². The van der Waals surface area contributed by atoms with E-state index in [1.54, 1.807) is 0 Å². The Bertz CT molecular complexity index is 478. The second kappa shape index (κ2) is 8.18. The topological polar surface area (TPSA) is 30.9 Å². The van der Waals surface area contributed by atoms with Crippen LogP contribution in [0.5, 0.6) is 0 Å². The maximum absolute atomic E-state index is 4.44. The van der Waals surface area contributed by atoms with Gasteiger partial charge in [-0.15, -0.1) is 0 Å². The molecule has 4 nitrogen and oxygen atoms in total. The lowest BCUT2D eigenvalue weighted by Gasteiger charge is -2.33. The molecule has 1 aromatic carbocycles. The van der Waals surface area contributed by atoms with Crippen LogP contribution in [-0.4, -0.2) is 50.0 Å². The molecule has 0 spiro atoms. The van der Waals surface area contributed by atoms with Crippen molar-refractivity contribution in [2.45, 2.75) is 32.9 Å². The second-order valence-electron chi connectivity index (χ2n) is 6.65. The van der Waals surface area contributed by atoms with Crippen LogP contribution in [0.25, 0.3) is 0 Å². The number of nitrogens with one attached hydrogen (secondary N) is 1. The van der Waals surface area contributed by atoms with Crippen molar-refractivity contribution in [1.29, 1.82) is 0 Å². The predicted octanol–water partition coefficient (Wildman–Crippen LogP) is 2.56. The molecule has 1 aromatic rings. The van der Waals surface area contributed by atoms with Crippen molar-refractivity contribution >= 4 is 5.96 Å². The number of hydrogen-bond acceptors (Lipinski definition) is 2. The van der Waals surface area contributed by atoms with Crippen molar-refractivity contribution in [2.75, 3.05) is 34.2 Å². The molecule has 0 aliphatic carbocycles. The van der Waals surface area contributed by atoms with Crippen LogP contribution in [0, 0.1) is 5.92 Å². The normalized spacial score (nSPS) is 19.6. The first-order chi connectivity index (χ1) is 10.6. The molecule has 122 valence electrons. The molecule has 2 rings (SSSR count). The third-order valence-corrected chi connectivity index (χ3v) is 4.14. The molecule has 1 aliphatic heterocycles. The second-order valence-corrected chi connectivity index (χ2v) is 6.65. The highest BCUT2D eigenvalue weighted by Gasteiger charge is 2.18. The molecule has 0 bridgehead atoms. The number of hydrogen-bond donors (Lipinski definition) is 1. The minimum Gasteiger partial charge on any atom is -0.352 e. The Hall–Kier alpha value is -1.55. The van der Waals surface area contributed by atoms with Crippen molar-refractivity contribution in [3.8, 4) is 0 Å². The summed E-state index contributed by atoms with van der Waals surface area (Å²) in [6, 6.07) is 8.83. The first-order valence-electron chi connectivity index (χ1n) is 8.26. The van der Waals surface area contributed by atoms with Crippen molar-refractivity contribution in [2.24, 2.45) is 10.9 Å². The van der Waals surface area contributed by atoms with Crippen molar-refractivity contribution in [3.05, 3.63) is 35.4 Å². The molecule has 1 N–H and O–H groups in total. The number of nitrogens with zero attached hydrogens (tertiary/aromatic N) is 3. The van der Waals surface area contributed by atoms with Gasteiger partial charge in [-0.3, -0.25) is 4.99 Å². The van der Waals surface area contributed by atoms with E-state index < -0.39 is 0 Å².